The average Bonchev–Trinajstić information content (AvgIpc) is 2.03. The summed E-state index contributed by atoms with van der Waals surface area (Å²) in [6.07, 6.45) is 0.850. The summed E-state index contributed by atoms with van der Waals surface area (Å²) in [7, 11) is 0. The fourth-order valence-electron chi connectivity index (χ4n) is 1.65. The van der Waals surface area contributed by atoms with Crippen LogP contribution in [0.2, 0.25) is 0 Å². The minimum absolute atomic E-state index is 0.272. The molecule has 1 atom stereocenters. The standard InChI is InChI=1S/C12H18O/c1-9-6-10(2)8-12(7-9)11(3)4-5-13/h6-8,11,13H,4-5H2,1-3H3. The van der Waals surface area contributed by atoms with Crippen molar-refractivity contribution < 1.29 is 5.11 Å². The van der Waals surface area contributed by atoms with E-state index in [0.717, 1.165) is 6.42 Å². The lowest BCUT2D eigenvalue weighted by molar-refractivity contribution is 0.278. The lowest BCUT2D eigenvalue weighted by Crippen LogP contribution is -1.97. The van der Waals surface area contributed by atoms with E-state index in [-0.39, 0.29) is 6.61 Å². The highest BCUT2D eigenvalue weighted by atomic mass is 16.3. The van der Waals surface area contributed by atoms with Crippen LogP contribution < -0.4 is 0 Å². The van der Waals surface area contributed by atoms with Gasteiger partial charge < -0.3 is 5.11 Å². The summed E-state index contributed by atoms with van der Waals surface area (Å²) in [6, 6.07) is 6.58. The second-order valence-corrected chi connectivity index (χ2v) is 3.83. The molecule has 0 spiro atoms. The van der Waals surface area contributed by atoms with Crippen molar-refractivity contribution in [2.24, 2.45) is 0 Å². The topological polar surface area (TPSA) is 20.2 Å². The molecule has 0 aliphatic carbocycles. The van der Waals surface area contributed by atoms with Crippen molar-refractivity contribution in [3.05, 3.63) is 34.9 Å². The fourth-order valence-corrected chi connectivity index (χ4v) is 1.65. The van der Waals surface area contributed by atoms with Crippen LogP contribution in [0.5, 0.6) is 0 Å². The molecular weight excluding hydrogens is 160 g/mol. The van der Waals surface area contributed by atoms with Crippen LogP contribution in [0.15, 0.2) is 18.2 Å². The number of benzene rings is 1. The first-order valence-electron chi connectivity index (χ1n) is 4.82. The zero-order valence-corrected chi connectivity index (χ0v) is 8.67. The minimum atomic E-state index is 0.272. The molecule has 1 nitrogen and oxygen atoms in total. The summed E-state index contributed by atoms with van der Waals surface area (Å²) < 4.78 is 0. The number of aryl methyl sites for hydroxylation is 2. The highest BCUT2D eigenvalue weighted by Gasteiger charge is 2.05. The van der Waals surface area contributed by atoms with Gasteiger partial charge in [0.25, 0.3) is 0 Å². The third-order valence-electron chi connectivity index (χ3n) is 2.38. The number of rotatable bonds is 3. The normalized spacial score (nSPS) is 12.9. The molecule has 0 radical (unpaired) electrons. The minimum Gasteiger partial charge on any atom is -0.396 e. The Kier molecular flexibility index (Phi) is 3.49. The lowest BCUT2D eigenvalue weighted by atomic mass is 9.95. The lowest BCUT2D eigenvalue weighted by Gasteiger charge is -2.11. The van der Waals surface area contributed by atoms with Crippen molar-refractivity contribution in [1.82, 2.24) is 0 Å². The van der Waals surface area contributed by atoms with Crippen molar-refractivity contribution in [2.45, 2.75) is 33.1 Å². The molecule has 0 saturated heterocycles. The van der Waals surface area contributed by atoms with Gasteiger partial charge in [0, 0.05) is 6.61 Å². The van der Waals surface area contributed by atoms with Gasteiger partial charge in [0.2, 0.25) is 0 Å². The molecule has 1 aromatic carbocycles. The summed E-state index contributed by atoms with van der Waals surface area (Å²) in [5.41, 5.74) is 3.95. The van der Waals surface area contributed by atoms with Crippen LogP contribution in [0.4, 0.5) is 0 Å². The molecule has 0 bridgehead atoms. The van der Waals surface area contributed by atoms with E-state index >= 15 is 0 Å². The molecule has 0 aliphatic heterocycles. The van der Waals surface area contributed by atoms with Crippen LogP contribution in [0, 0.1) is 13.8 Å². The molecule has 0 aromatic heterocycles. The molecule has 1 aromatic rings. The van der Waals surface area contributed by atoms with Gasteiger partial charge in [-0.15, -0.1) is 0 Å². The van der Waals surface area contributed by atoms with Crippen LogP contribution in [-0.4, -0.2) is 11.7 Å². The van der Waals surface area contributed by atoms with Crippen LogP contribution >= 0.6 is 0 Å². The van der Waals surface area contributed by atoms with E-state index in [2.05, 4.69) is 39.0 Å². The molecule has 72 valence electrons. The summed E-state index contributed by atoms with van der Waals surface area (Å²) in [5.74, 6) is 0.462. The maximum atomic E-state index is 8.84. The van der Waals surface area contributed by atoms with Gasteiger partial charge in [-0.05, 0) is 31.7 Å². The molecule has 1 unspecified atom stereocenters. The molecule has 0 fully saturated rings. The predicted octanol–water partition coefficient (Wildman–Crippen LogP) is 2.79. The van der Waals surface area contributed by atoms with Crippen LogP contribution in [0.25, 0.3) is 0 Å². The molecule has 0 amide bonds. The van der Waals surface area contributed by atoms with Gasteiger partial charge in [-0.2, -0.15) is 0 Å². The van der Waals surface area contributed by atoms with E-state index in [9.17, 15) is 0 Å². The van der Waals surface area contributed by atoms with Crippen molar-refractivity contribution in [3.8, 4) is 0 Å². The average molecular weight is 178 g/mol. The van der Waals surface area contributed by atoms with Gasteiger partial charge in [-0.25, -0.2) is 0 Å². The van der Waals surface area contributed by atoms with E-state index in [1.54, 1.807) is 0 Å². The Balaban J connectivity index is 2.87. The second kappa shape index (κ2) is 4.43. The quantitative estimate of drug-likeness (QED) is 0.754. The molecule has 1 heteroatoms. The van der Waals surface area contributed by atoms with Gasteiger partial charge in [0.1, 0.15) is 0 Å². The van der Waals surface area contributed by atoms with E-state index in [1.165, 1.54) is 16.7 Å². The number of aliphatic hydroxyl groups is 1. The van der Waals surface area contributed by atoms with Crippen molar-refractivity contribution >= 4 is 0 Å². The van der Waals surface area contributed by atoms with E-state index in [0.29, 0.717) is 5.92 Å². The van der Waals surface area contributed by atoms with Crippen molar-refractivity contribution in [3.63, 3.8) is 0 Å². The van der Waals surface area contributed by atoms with Crippen molar-refractivity contribution in [1.29, 1.82) is 0 Å². The van der Waals surface area contributed by atoms with Gasteiger partial charge in [0.05, 0.1) is 0 Å². The van der Waals surface area contributed by atoms with Gasteiger partial charge in [0.15, 0.2) is 0 Å². The molecule has 13 heavy (non-hydrogen) atoms. The molecule has 1 rings (SSSR count). The Hall–Kier alpha value is -0.820. The summed E-state index contributed by atoms with van der Waals surface area (Å²) in [5, 5.41) is 8.84. The van der Waals surface area contributed by atoms with E-state index in [4.69, 9.17) is 5.11 Å². The third kappa shape index (κ3) is 2.85. The van der Waals surface area contributed by atoms with Crippen LogP contribution in [0.3, 0.4) is 0 Å². The molecule has 1 N–H and O–H groups in total. The Labute approximate surface area is 80.4 Å². The second-order valence-electron chi connectivity index (χ2n) is 3.83. The maximum absolute atomic E-state index is 8.84. The maximum Gasteiger partial charge on any atom is 0.0436 e. The highest BCUT2D eigenvalue weighted by molar-refractivity contribution is 5.30. The summed E-state index contributed by atoms with van der Waals surface area (Å²) >= 11 is 0. The Morgan fingerprint density at radius 2 is 1.69 bits per heavy atom. The summed E-state index contributed by atoms with van der Waals surface area (Å²) in [4.78, 5) is 0. The first kappa shape index (κ1) is 10.3. The number of hydrogen-bond acceptors (Lipinski definition) is 1. The Morgan fingerprint density at radius 3 is 2.15 bits per heavy atom. The van der Waals surface area contributed by atoms with Gasteiger partial charge in [-0.1, -0.05) is 36.2 Å². The monoisotopic (exact) mass is 178 g/mol. The first-order chi connectivity index (χ1) is 6.13. The van der Waals surface area contributed by atoms with E-state index < -0.39 is 0 Å². The molecule has 0 heterocycles. The first-order valence-corrected chi connectivity index (χ1v) is 4.82. The zero-order valence-electron chi connectivity index (χ0n) is 8.67. The SMILES string of the molecule is Cc1cc(C)cc(C(C)CCO)c1. The largest absolute Gasteiger partial charge is 0.396 e. The fraction of sp³-hybridized carbons (Fsp3) is 0.500. The smallest absolute Gasteiger partial charge is 0.0436 e. The molecule has 0 saturated carbocycles. The van der Waals surface area contributed by atoms with Crippen molar-refractivity contribution in [2.75, 3.05) is 6.61 Å². The van der Waals surface area contributed by atoms with Crippen LogP contribution in [0.1, 0.15) is 36.0 Å². The van der Waals surface area contributed by atoms with E-state index in [1.807, 2.05) is 0 Å². The highest BCUT2D eigenvalue weighted by Crippen LogP contribution is 2.20. The molecular formula is C12H18O. The van der Waals surface area contributed by atoms with Gasteiger partial charge >= 0.3 is 0 Å². The number of aliphatic hydroxyl groups excluding tert-OH is 1. The zero-order chi connectivity index (χ0) is 9.84. The number of hydrogen-bond donors (Lipinski definition) is 1. The third-order valence-corrected chi connectivity index (χ3v) is 2.38. The van der Waals surface area contributed by atoms with Gasteiger partial charge in [-0.3, -0.25) is 0 Å². The summed E-state index contributed by atoms with van der Waals surface area (Å²) in [6.45, 7) is 6.66. The Bertz CT molecular complexity index is 258. The van der Waals surface area contributed by atoms with Crippen LogP contribution in [-0.2, 0) is 0 Å². The molecule has 0 aliphatic rings. The Morgan fingerprint density at radius 1 is 1.15 bits per heavy atom. The predicted molar refractivity (Wildman–Crippen MR) is 56.0 cm³/mol.